The van der Waals surface area contributed by atoms with Gasteiger partial charge in [-0.05, 0) is 25.0 Å². The first kappa shape index (κ1) is 10.4. The summed E-state index contributed by atoms with van der Waals surface area (Å²) in [5.74, 6) is 0. The third kappa shape index (κ3) is 1.96. The van der Waals surface area contributed by atoms with Crippen LogP contribution in [0.5, 0.6) is 0 Å². The van der Waals surface area contributed by atoms with Crippen LogP contribution < -0.4 is 4.90 Å². The smallest absolute Gasteiger partial charge is 0.0635 e. The molecule has 1 aliphatic heterocycles. The minimum absolute atomic E-state index is 0.129. The van der Waals surface area contributed by atoms with Crippen LogP contribution >= 0.6 is 0 Å². The molecule has 0 saturated carbocycles. The maximum absolute atomic E-state index is 9.27. The number of aliphatic hydroxyl groups excluding tert-OH is 2. The lowest BCUT2D eigenvalue weighted by atomic mass is 10.2. The van der Waals surface area contributed by atoms with E-state index in [1.165, 1.54) is 0 Å². The van der Waals surface area contributed by atoms with Crippen molar-refractivity contribution < 1.29 is 10.2 Å². The molecule has 2 atom stereocenters. The summed E-state index contributed by atoms with van der Waals surface area (Å²) in [6, 6.07) is 4.09. The molecule has 0 aliphatic carbocycles. The van der Waals surface area contributed by atoms with Crippen LogP contribution in [-0.2, 0) is 0 Å². The lowest BCUT2D eigenvalue weighted by molar-refractivity contribution is 0.248. The zero-order chi connectivity index (χ0) is 10.7. The van der Waals surface area contributed by atoms with Gasteiger partial charge in [0.1, 0.15) is 0 Å². The average molecular weight is 208 g/mol. The van der Waals surface area contributed by atoms with Crippen LogP contribution in [0.25, 0.3) is 0 Å². The van der Waals surface area contributed by atoms with Gasteiger partial charge in [0.2, 0.25) is 0 Å². The van der Waals surface area contributed by atoms with Gasteiger partial charge in [-0.2, -0.15) is 0 Å². The van der Waals surface area contributed by atoms with Gasteiger partial charge in [0, 0.05) is 18.1 Å². The number of nitrogens with zero attached hydrogens (tertiary/aromatic N) is 2. The molecule has 0 unspecified atom stereocenters. The monoisotopic (exact) mass is 208 g/mol. The number of pyridine rings is 1. The van der Waals surface area contributed by atoms with E-state index in [1.807, 2.05) is 12.1 Å². The predicted octanol–water partition coefficient (Wildman–Crippen LogP) is 0.404. The summed E-state index contributed by atoms with van der Waals surface area (Å²) in [6.07, 6.45) is 5.33. The fourth-order valence-corrected chi connectivity index (χ4v) is 2.26. The van der Waals surface area contributed by atoms with Crippen LogP contribution in [0.3, 0.4) is 0 Å². The Morgan fingerprint density at radius 1 is 1.13 bits per heavy atom. The zero-order valence-corrected chi connectivity index (χ0v) is 8.58. The lowest BCUT2D eigenvalue weighted by Crippen LogP contribution is -2.40. The summed E-state index contributed by atoms with van der Waals surface area (Å²) in [7, 11) is 0. The van der Waals surface area contributed by atoms with E-state index in [0.717, 1.165) is 18.5 Å². The zero-order valence-electron chi connectivity index (χ0n) is 8.58. The van der Waals surface area contributed by atoms with Crippen molar-refractivity contribution in [3.63, 3.8) is 0 Å². The molecule has 1 aliphatic rings. The van der Waals surface area contributed by atoms with Gasteiger partial charge in [0.15, 0.2) is 0 Å². The highest BCUT2D eigenvalue weighted by molar-refractivity contribution is 5.48. The number of aliphatic hydroxyl groups is 2. The summed E-state index contributed by atoms with van der Waals surface area (Å²) >= 11 is 0. The number of aromatic nitrogens is 1. The molecule has 0 radical (unpaired) electrons. The van der Waals surface area contributed by atoms with Crippen molar-refractivity contribution in [3.05, 3.63) is 24.5 Å². The summed E-state index contributed by atoms with van der Waals surface area (Å²) in [4.78, 5) is 6.07. The highest BCUT2D eigenvalue weighted by Crippen LogP contribution is 2.29. The van der Waals surface area contributed by atoms with Crippen LogP contribution in [0.4, 0.5) is 5.69 Å². The Kier molecular flexibility index (Phi) is 3.18. The van der Waals surface area contributed by atoms with Crippen molar-refractivity contribution in [2.24, 2.45) is 0 Å². The summed E-state index contributed by atoms with van der Waals surface area (Å²) < 4.78 is 0. The average Bonchev–Trinajstić information content (AvgIpc) is 2.72. The molecule has 0 spiro atoms. The molecular formula is C11H16N2O2. The molecule has 4 heteroatoms. The highest BCUT2D eigenvalue weighted by Gasteiger charge is 2.32. The molecule has 1 aromatic rings. The Labute approximate surface area is 89.2 Å². The van der Waals surface area contributed by atoms with E-state index >= 15 is 0 Å². The van der Waals surface area contributed by atoms with Gasteiger partial charge in [0.25, 0.3) is 0 Å². The molecule has 1 aromatic heterocycles. The second kappa shape index (κ2) is 4.59. The van der Waals surface area contributed by atoms with Gasteiger partial charge < -0.3 is 15.1 Å². The molecule has 0 bridgehead atoms. The molecule has 2 N–H and O–H groups in total. The largest absolute Gasteiger partial charge is 0.394 e. The highest BCUT2D eigenvalue weighted by atomic mass is 16.3. The van der Waals surface area contributed by atoms with E-state index in [-0.39, 0.29) is 25.3 Å². The van der Waals surface area contributed by atoms with Crippen molar-refractivity contribution in [2.45, 2.75) is 24.9 Å². The standard InChI is InChI=1S/C11H16N2O2/c14-7-10-1-2-11(8-15)13(10)9-3-5-12-6-4-9/h3-6,10-11,14-15H,1-2,7-8H2/t10-,11-/m1/s1. The van der Waals surface area contributed by atoms with Gasteiger partial charge in [-0.1, -0.05) is 0 Å². The number of hydrogen-bond acceptors (Lipinski definition) is 4. The Hall–Kier alpha value is -1.13. The molecular weight excluding hydrogens is 192 g/mol. The SMILES string of the molecule is OC[C@H]1CC[C@H](CO)N1c1ccncc1. The fraction of sp³-hybridized carbons (Fsp3) is 0.545. The molecule has 2 heterocycles. The molecule has 82 valence electrons. The maximum atomic E-state index is 9.27. The van der Waals surface area contributed by atoms with Crippen LogP contribution in [0.15, 0.2) is 24.5 Å². The lowest BCUT2D eigenvalue weighted by Gasteiger charge is -2.30. The van der Waals surface area contributed by atoms with Crippen LogP contribution in [0.1, 0.15) is 12.8 Å². The molecule has 0 amide bonds. The Bertz CT molecular complexity index is 293. The van der Waals surface area contributed by atoms with E-state index < -0.39 is 0 Å². The third-order valence-electron chi connectivity index (χ3n) is 3.00. The molecule has 2 rings (SSSR count). The normalized spacial score (nSPS) is 25.9. The van der Waals surface area contributed by atoms with Crippen LogP contribution in [-0.4, -0.2) is 40.5 Å². The molecule has 15 heavy (non-hydrogen) atoms. The summed E-state index contributed by atoms with van der Waals surface area (Å²) in [5, 5.41) is 18.5. The Morgan fingerprint density at radius 3 is 2.13 bits per heavy atom. The first-order chi connectivity index (χ1) is 7.36. The third-order valence-corrected chi connectivity index (χ3v) is 3.00. The van der Waals surface area contributed by atoms with E-state index in [0.29, 0.717) is 0 Å². The predicted molar refractivity (Wildman–Crippen MR) is 57.7 cm³/mol. The van der Waals surface area contributed by atoms with Crippen LogP contribution in [0, 0.1) is 0 Å². The Balaban J connectivity index is 2.23. The van der Waals surface area contributed by atoms with Crippen molar-refractivity contribution in [1.29, 1.82) is 0 Å². The first-order valence-electron chi connectivity index (χ1n) is 5.27. The second-order valence-electron chi connectivity index (χ2n) is 3.86. The van der Waals surface area contributed by atoms with Gasteiger partial charge >= 0.3 is 0 Å². The van der Waals surface area contributed by atoms with Crippen molar-refractivity contribution >= 4 is 5.69 Å². The topological polar surface area (TPSA) is 56.6 Å². The molecule has 1 fully saturated rings. The van der Waals surface area contributed by atoms with E-state index in [1.54, 1.807) is 12.4 Å². The quantitative estimate of drug-likeness (QED) is 0.755. The maximum Gasteiger partial charge on any atom is 0.0635 e. The van der Waals surface area contributed by atoms with Crippen molar-refractivity contribution in [3.8, 4) is 0 Å². The van der Waals surface area contributed by atoms with Crippen molar-refractivity contribution in [1.82, 2.24) is 4.98 Å². The first-order valence-corrected chi connectivity index (χ1v) is 5.27. The summed E-state index contributed by atoms with van der Waals surface area (Å²) in [5.41, 5.74) is 1.03. The second-order valence-corrected chi connectivity index (χ2v) is 3.86. The fourth-order valence-electron chi connectivity index (χ4n) is 2.26. The molecule has 4 nitrogen and oxygen atoms in total. The van der Waals surface area contributed by atoms with Crippen molar-refractivity contribution in [2.75, 3.05) is 18.1 Å². The van der Waals surface area contributed by atoms with E-state index in [9.17, 15) is 10.2 Å². The van der Waals surface area contributed by atoms with Crippen LogP contribution in [0.2, 0.25) is 0 Å². The number of rotatable bonds is 3. The molecule has 0 aromatic carbocycles. The van der Waals surface area contributed by atoms with Gasteiger partial charge in [-0.15, -0.1) is 0 Å². The minimum atomic E-state index is 0.129. The van der Waals surface area contributed by atoms with Gasteiger partial charge in [0.05, 0.1) is 25.3 Å². The summed E-state index contributed by atoms with van der Waals surface area (Å²) in [6.45, 7) is 0.275. The van der Waals surface area contributed by atoms with Gasteiger partial charge in [-0.3, -0.25) is 4.98 Å². The Morgan fingerprint density at radius 2 is 1.67 bits per heavy atom. The minimum Gasteiger partial charge on any atom is -0.394 e. The van der Waals surface area contributed by atoms with E-state index in [2.05, 4.69) is 9.88 Å². The number of anilines is 1. The van der Waals surface area contributed by atoms with Gasteiger partial charge in [-0.25, -0.2) is 0 Å². The van der Waals surface area contributed by atoms with E-state index in [4.69, 9.17) is 0 Å². The molecule has 1 saturated heterocycles. The number of hydrogen-bond donors (Lipinski definition) is 2.